The van der Waals surface area contributed by atoms with Gasteiger partial charge in [-0.15, -0.1) is 0 Å². The van der Waals surface area contributed by atoms with Gasteiger partial charge in [-0.3, -0.25) is 9.59 Å². The summed E-state index contributed by atoms with van der Waals surface area (Å²) in [6.45, 7) is 0.455. The molecule has 1 heterocycles. The van der Waals surface area contributed by atoms with E-state index in [1.54, 1.807) is 0 Å². The summed E-state index contributed by atoms with van der Waals surface area (Å²) in [5, 5.41) is 2.72. The summed E-state index contributed by atoms with van der Waals surface area (Å²) in [6.07, 6.45) is 1.24. The van der Waals surface area contributed by atoms with E-state index in [0.29, 0.717) is 30.6 Å². The van der Waals surface area contributed by atoms with Crippen LogP contribution in [0.1, 0.15) is 23.2 Å². The molecule has 1 aliphatic heterocycles. The van der Waals surface area contributed by atoms with E-state index in [0.717, 1.165) is 0 Å². The smallest absolute Gasteiger partial charge is 0.254 e. The minimum Gasteiger partial charge on any atom is -0.327 e. The Kier molecular flexibility index (Phi) is 5.43. The van der Waals surface area contributed by atoms with E-state index in [9.17, 15) is 18.2 Å². The Morgan fingerprint density at radius 2 is 1.77 bits per heavy atom. The number of likely N-dealkylation sites (tertiary alicyclic amines) is 1. The van der Waals surface area contributed by atoms with Crippen molar-refractivity contribution in [2.75, 3.05) is 11.9 Å². The molecule has 0 bridgehead atoms. The van der Waals surface area contributed by atoms with Crippen molar-refractivity contribution in [3.63, 3.8) is 0 Å². The SMILES string of the molecule is O=C(Nc1ccc(S(=O)O)cc1)[C@@H]1CCCN1C(=O)c1ccc(F)cc1. The van der Waals surface area contributed by atoms with E-state index in [1.165, 1.54) is 53.4 Å². The second kappa shape index (κ2) is 7.76. The van der Waals surface area contributed by atoms with Crippen molar-refractivity contribution < 1.29 is 22.7 Å². The first kappa shape index (κ1) is 18.2. The van der Waals surface area contributed by atoms with E-state index in [1.807, 2.05) is 0 Å². The lowest BCUT2D eigenvalue weighted by Crippen LogP contribution is -2.43. The number of amides is 2. The normalized spacial score (nSPS) is 17.8. The molecule has 2 aromatic carbocycles. The second-order valence-corrected chi connectivity index (χ2v) is 6.90. The van der Waals surface area contributed by atoms with Gasteiger partial charge < -0.3 is 14.8 Å². The molecule has 2 amide bonds. The quantitative estimate of drug-likeness (QED) is 0.803. The van der Waals surface area contributed by atoms with Gasteiger partial charge in [0.1, 0.15) is 11.9 Å². The van der Waals surface area contributed by atoms with Crippen LogP contribution in [0.4, 0.5) is 10.1 Å². The van der Waals surface area contributed by atoms with E-state index in [2.05, 4.69) is 5.32 Å². The predicted molar refractivity (Wildman–Crippen MR) is 94.6 cm³/mol. The lowest BCUT2D eigenvalue weighted by molar-refractivity contribution is -0.119. The topological polar surface area (TPSA) is 86.7 Å². The van der Waals surface area contributed by atoms with Crippen molar-refractivity contribution in [1.29, 1.82) is 0 Å². The Balaban J connectivity index is 1.70. The minimum absolute atomic E-state index is 0.233. The fourth-order valence-electron chi connectivity index (χ4n) is 2.92. The molecular formula is C18H17FN2O4S. The van der Waals surface area contributed by atoms with Crippen molar-refractivity contribution in [3.8, 4) is 0 Å². The zero-order chi connectivity index (χ0) is 18.7. The van der Waals surface area contributed by atoms with Gasteiger partial charge in [-0.2, -0.15) is 0 Å². The Hall–Kier alpha value is -2.58. The Bertz CT molecular complexity index is 839. The first-order valence-corrected chi connectivity index (χ1v) is 9.15. The summed E-state index contributed by atoms with van der Waals surface area (Å²) in [7, 11) is 0. The lowest BCUT2D eigenvalue weighted by Gasteiger charge is -2.24. The largest absolute Gasteiger partial charge is 0.327 e. The summed E-state index contributed by atoms with van der Waals surface area (Å²) in [5.41, 5.74) is 0.811. The van der Waals surface area contributed by atoms with Crippen LogP contribution in [0.3, 0.4) is 0 Å². The van der Waals surface area contributed by atoms with Gasteiger partial charge >= 0.3 is 0 Å². The van der Waals surface area contributed by atoms with Crippen LogP contribution in [-0.4, -0.2) is 38.1 Å². The number of benzene rings is 2. The molecule has 0 aliphatic carbocycles. The number of anilines is 1. The van der Waals surface area contributed by atoms with Crippen LogP contribution in [0.5, 0.6) is 0 Å². The third-order valence-corrected chi connectivity index (χ3v) is 4.91. The molecule has 2 atom stereocenters. The van der Waals surface area contributed by atoms with E-state index < -0.39 is 22.9 Å². The third kappa shape index (κ3) is 3.97. The average Bonchev–Trinajstić information content (AvgIpc) is 3.12. The van der Waals surface area contributed by atoms with Gasteiger partial charge in [-0.1, -0.05) is 0 Å². The molecule has 1 unspecified atom stereocenters. The fraction of sp³-hybridized carbons (Fsp3) is 0.222. The van der Waals surface area contributed by atoms with E-state index in [-0.39, 0.29) is 16.7 Å². The number of nitrogens with one attached hydrogen (secondary N) is 1. The summed E-state index contributed by atoms with van der Waals surface area (Å²) < 4.78 is 33.0. The highest BCUT2D eigenvalue weighted by molar-refractivity contribution is 7.79. The molecule has 1 fully saturated rings. The Morgan fingerprint density at radius 3 is 2.38 bits per heavy atom. The van der Waals surface area contributed by atoms with Crippen LogP contribution in [0, 0.1) is 5.82 Å². The maximum absolute atomic E-state index is 13.0. The summed E-state index contributed by atoms with van der Waals surface area (Å²) >= 11 is -2.08. The van der Waals surface area contributed by atoms with Crippen LogP contribution < -0.4 is 5.32 Å². The molecule has 2 N–H and O–H groups in total. The van der Waals surface area contributed by atoms with Gasteiger partial charge in [0.05, 0.1) is 4.90 Å². The molecule has 0 spiro atoms. The molecule has 136 valence electrons. The molecule has 2 aromatic rings. The molecule has 1 saturated heterocycles. The highest BCUT2D eigenvalue weighted by atomic mass is 32.2. The number of halogens is 1. The van der Waals surface area contributed by atoms with E-state index in [4.69, 9.17) is 4.55 Å². The minimum atomic E-state index is -2.08. The highest BCUT2D eigenvalue weighted by Crippen LogP contribution is 2.22. The first-order chi connectivity index (χ1) is 12.5. The van der Waals surface area contributed by atoms with Crippen molar-refractivity contribution in [1.82, 2.24) is 4.90 Å². The van der Waals surface area contributed by atoms with Gasteiger partial charge in [0.25, 0.3) is 5.91 Å². The average molecular weight is 376 g/mol. The standard InChI is InChI=1S/C18H17FN2O4S/c19-13-5-3-12(4-6-13)18(23)21-11-1-2-16(21)17(22)20-14-7-9-15(10-8-14)26(24)25/h3-10,16H,1-2,11H2,(H,20,22)(H,24,25)/t16-/m0/s1. The molecule has 8 heteroatoms. The van der Waals surface area contributed by atoms with Crippen LogP contribution in [-0.2, 0) is 15.9 Å². The first-order valence-electron chi connectivity index (χ1n) is 8.04. The maximum atomic E-state index is 13.0. The number of rotatable bonds is 4. The van der Waals surface area contributed by atoms with Crippen LogP contribution in [0.15, 0.2) is 53.4 Å². The van der Waals surface area contributed by atoms with Crippen molar-refractivity contribution >= 4 is 28.6 Å². The van der Waals surface area contributed by atoms with Crippen LogP contribution in [0.2, 0.25) is 0 Å². The second-order valence-electron chi connectivity index (χ2n) is 5.93. The van der Waals surface area contributed by atoms with Gasteiger partial charge in [0.15, 0.2) is 11.1 Å². The number of carbonyl (C=O) groups excluding carboxylic acids is 2. The van der Waals surface area contributed by atoms with E-state index >= 15 is 0 Å². The van der Waals surface area contributed by atoms with Crippen molar-refractivity contribution in [2.24, 2.45) is 0 Å². The number of carbonyl (C=O) groups is 2. The third-order valence-electron chi connectivity index (χ3n) is 4.23. The van der Waals surface area contributed by atoms with Gasteiger partial charge in [0, 0.05) is 17.8 Å². The molecule has 0 saturated carbocycles. The lowest BCUT2D eigenvalue weighted by atomic mass is 10.1. The molecule has 6 nitrogen and oxygen atoms in total. The van der Waals surface area contributed by atoms with Crippen LogP contribution >= 0.6 is 0 Å². The molecule has 0 aromatic heterocycles. The molecule has 0 radical (unpaired) electrons. The molecule has 26 heavy (non-hydrogen) atoms. The molecular weight excluding hydrogens is 359 g/mol. The zero-order valence-electron chi connectivity index (χ0n) is 13.7. The Morgan fingerprint density at radius 1 is 1.12 bits per heavy atom. The molecule has 1 aliphatic rings. The number of nitrogens with zero attached hydrogens (tertiary/aromatic N) is 1. The van der Waals surface area contributed by atoms with Crippen molar-refractivity contribution in [3.05, 3.63) is 59.9 Å². The zero-order valence-corrected chi connectivity index (χ0v) is 14.5. The summed E-state index contributed by atoms with van der Waals surface area (Å²) in [6, 6.07) is 10.6. The monoisotopic (exact) mass is 376 g/mol. The van der Waals surface area contributed by atoms with Gasteiger partial charge in [-0.25, -0.2) is 8.60 Å². The summed E-state index contributed by atoms with van der Waals surface area (Å²) in [4.78, 5) is 26.9. The van der Waals surface area contributed by atoms with Crippen molar-refractivity contribution in [2.45, 2.75) is 23.8 Å². The number of hydrogen-bond donors (Lipinski definition) is 2. The fourth-order valence-corrected chi connectivity index (χ4v) is 3.29. The summed E-state index contributed by atoms with van der Waals surface area (Å²) in [5.74, 6) is -1.06. The van der Waals surface area contributed by atoms with Crippen LogP contribution in [0.25, 0.3) is 0 Å². The van der Waals surface area contributed by atoms with Gasteiger partial charge in [0.2, 0.25) is 5.91 Å². The highest BCUT2D eigenvalue weighted by Gasteiger charge is 2.34. The molecule has 3 rings (SSSR count). The predicted octanol–water partition coefficient (Wildman–Crippen LogP) is 2.65. The number of hydrogen-bond acceptors (Lipinski definition) is 3. The Labute approximate surface area is 152 Å². The van der Waals surface area contributed by atoms with Gasteiger partial charge in [-0.05, 0) is 61.4 Å². The maximum Gasteiger partial charge on any atom is 0.254 e.